The van der Waals surface area contributed by atoms with Crippen molar-refractivity contribution in [2.75, 3.05) is 0 Å². The highest BCUT2D eigenvalue weighted by Crippen LogP contribution is 2.29. The van der Waals surface area contributed by atoms with Gasteiger partial charge in [-0.1, -0.05) is 35.9 Å². The molecule has 2 N–H and O–H groups in total. The third-order valence-electron chi connectivity index (χ3n) is 2.28. The van der Waals surface area contributed by atoms with E-state index in [2.05, 4.69) is 6.58 Å². The van der Waals surface area contributed by atoms with Gasteiger partial charge in [-0.2, -0.15) is 0 Å². The smallest absolute Gasteiger partial charge is 0.115 e. The minimum atomic E-state index is -0.465. The second-order valence-electron chi connectivity index (χ2n) is 3.85. The fraction of sp³-hybridized carbons (Fsp3) is 0.333. The van der Waals surface area contributed by atoms with Crippen molar-refractivity contribution in [3.05, 3.63) is 48.0 Å². The fourth-order valence-corrected chi connectivity index (χ4v) is 1.58. The van der Waals surface area contributed by atoms with Gasteiger partial charge in [-0.25, -0.2) is 5.90 Å². The van der Waals surface area contributed by atoms with E-state index in [1.54, 1.807) is 0 Å². The number of hydrogen-bond donors (Lipinski definition) is 1. The van der Waals surface area contributed by atoms with E-state index >= 15 is 0 Å². The van der Waals surface area contributed by atoms with Gasteiger partial charge in [-0.05, 0) is 19.4 Å². The molecule has 0 amide bonds. The molecule has 0 aliphatic rings. The number of benzene rings is 1. The van der Waals surface area contributed by atoms with E-state index in [9.17, 15) is 0 Å². The van der Waals surface area contributed by atoms with Gasteiger partial charge in [0.2, 0.25) is 0 Å². The first-order chi connectivity index (χ1) is 6.58. The molecule has 1 atom stereocenters. The van der Waals surface area contributed by atoms with Crippen molar-refractivity contribution < 1.29 is 4.84 Å². The molecule has 0 bridgehead atoms. The Bertz CT molecular complexity index is 307. The van der Waals surface area contributed by atoms with E-state index in [-0.39, 0.29) is 0 Å². The van der Waals surface area contributed by atoms with Gasteiger partial charge in [0.1, 0.15) is 5.60 Å². The molecule has 0 saturated carbocycles. The predicted octanol–water partition coefficient (Wildman–Crippen LogP) is 2.76. The summed E-state index contributed by atoms with van der Waals surface area (Å²) in [6.07, 6.45) is 0.730. The molecule has 1 aromatic rings. The molecule has 1 aromatic carbocycles. The van der Waals surface area contributed by atoms with E-state index in [4.69, 9.17) is 10.7 Å². The van der Waals surface area contributed by atoms with Crippen LogP contribution < -0.4 is 5.90 Å². The van der Waals surface area contributed by atoms with Gasteiger partial charge in [0.25, 0.3) is 0 Å². The minimum absolute atomic E-state index is 0.465. The third-order valence-corrected chi connectivity index (χ3v) is 2.28. The Balaban J connectivity index is 2.95. The molecule has 2 nitrogen and oxygen atoms in total. The van der Waals surface area contributed by atoms with Crippen LogP contribution in [0.3, 0.4) is 0 Å². The van der Waals surface area contributed by atoms with E-state index in [0.717, 1.165) is 17.6 Å². The monoisotopic (exact) mass is 191 g/mol. The van der Waals surface area contributed by atoms with Crippen molar-refractivity contribution in [1.82, 2.24) is 0 Å². The molecule has 0 spiro atoms. The Labute approximate surface area is 85.3 Å². The van der Waals surface area contributed by atoms with Crippen LogP contribution >= 0.6 is 0 Å². The van der Waals surface area contributed by atoms with Crippen molar-refractivity contribution >= 4 is 0 Å². The first-order valence-corrected chi connectivity index (χ1v) is 4.66. The summed E-state index contributed by atoms with van der Waals surface area (Å²) in [5.74, 6) is 5.35. The zero-order chi connectivity index (χ0) is 10.6. The minimum Gasteiger partial charge on any atom is -0.293 e. The molecule has 0 saturated heterocycles. The lowest BCUT2D eigenvalue weighted by molar-refractivity contribution is -0.0383. The van der Waals surface area contributed by atoms with E-state index in [1.165, 1.54) is 0 Å². The van der Waals surface area contributed by atoms with Crippen molar-refractivity contribution in [1.29, 1.82) is 0 Å². The Morgan fingerprint density at radius 1 is 1.43 bits per heavy atom. The lowest BCUT2D eigenvalue weighted by Gasteiger charge is -2.27. The van der Waals surface area contributed by atoms with Crippen molar-refractivity contribution in [2.45, 2.75) is 25.9 Å². The molecule has 0 aliphatic heterocycles. The maximum absolute atomic E-state index is 5.35. The second-order valence-corrected chi connectivity index (χ2v) is 3.85. The molecule has 76 valence electrons. The summed E-state index contributed by atoms with van der Waals surface area (Å²) in [5.41, 5.74) is 1.67. The number of rotatable bonds is 4. The summed E-state index contributed by atoms with van der Waals surface area (Å²) < 4.78 is 0. The molecule has 1 unspecified atom stereocenters. The fourth-order valence-electron chi connectivity index (χ4n) is 1.58. The predicted molar refractivity (Wildman–Crippen MR) is 58.5 cm³/mol. The summed E-state index contributed by atoms with van der Waals surface area (Å²) in [5, 5.41) is 0. The van der Waals surface area contributed by atoms with Gasteiger partial charge in [0.15, 0.2) is 0 Å². The van der Waals surface area contributed by atoms with Crippen LogP contribution in [-0.4, -0.2) is 0 Å². The Morgan fingerprint density at radius 3 is 2.43 bits per heavy atom. The van der Waals surface area contributed by atoms with Crippen molar-refractivity contribution in [2.24, 2.45) is 5.90 Å². The molecule has 0 radical (unpaired) electrons. The van der Waals surface area contributed by atoms with Crippen LogP contribution in [0.4, 0.5) is 0 Å². The first-order valence-electron chi connectivity index (χ1n) is 4.66. The maximum atomic E-state index is 5.35. The lowest BCUT2D eigenvalue weighted by atomic mass is 9.90. The van der Waals surface area contributed by atoms with Crippen LogP contribution in [0.5, 0.6) is 0 Å². The average molecular weight is 191 g/mol. The van der Waals surface area contributed by atoms with Gasteiger partial charge < -0.3 is 0 Å². The normalized spacial score (nSPS) is 14.8. The topological polar surface area (TPSA) is 35.2 Å². The molecule has 0 fully saturated rings. The van der Waals surface area contributed by atoms with Crippen LogP contribution in [0.1, 0.15) is 25.8 Å². The lowest BCUT2D eigenvalue weighted by Crippen LogP contribution is -2.29. The Hall–Kier alpha value is -1.12. The summed E-state index contributed by atoms with van der Waals surface area (Å²) >= 11 is 0. The molecular weight excluding hydrogens is 174 g/mol. The number of nitrogens with two attached hydrogens (primary N) is 1. The quantitative estimate of drug-likeness (QED) is 0.586. The van der Waals surface area contributed by atoms with Crippen molar-refractivity contribution in [3.63, 3.8) is 0 Å². The molecular formula is C12H17NO. The van der Waals surface area contributed by atoms with Gasteiger partial charge >= 0.3 is 0 Å². The molecule has 14 heavy (non-hydrogen) atoms. The molecule has 0 aromatic heterocycles. The third kappa shape index (κ3) is 2.44. The highest BCUT2D eigenvalue weighted by Gasteiger charge is 2.26. The highest BCUT2D eigenvalue weighted by atomic mass is 16.6. The SMILES string of the molecule is C=C(C)CC(C)(ON)c1ccccc1. The maximum Gasteiger partial charge on any atom is 0.115 e. The van der Waals surface area contributed by atoms with Gasteiger partial charge in [-0.3, -0.25) is 4.84 Å². The van der Waals surface area contributed by atoms with Crippen LogP contribution in [0, 0.1) is 0 Å². The summed E-state index contributed by atoms with van der Waals surface area (Å²) in [4.78, 5) is 5.07. The zero-order valence-electron chi connectivity index (χ0n) is 8.79. The van der Waals surface area contributed by atoms with Crippen molar-refractivity contribution in [3.8, 4) is 0 Å². The second kappa shape index (κ2) is 4.40. The zero-order valence-corrected chi connectivity index (χ0v) is 8.79. The molecule has 1 rings (SSSR count). The highest BCUT2D eigenvalue weighted by molar-refractivity contribution is 5.23. The molecule has 0 heterocycles. The summed E-state index contributed by atoms with van der Waals surface area (Å²) in [7, 11) is 0. The Morgan fingerprint density at radius 2 is 2.00 bits per heavy atom. The average Bonchev–Trinajstić information content (AvgIpc) is 2.18. The largest absolute Gasteiger partial charge is 0.293 e. The standard InChI is InChI=1S/C12H17NO/c1-10(2)9-12(3,14-13)11-7-5-4-6-8-11/h4-8H,1,9,13H2,2-3H3. The van der Waals surface area contributed by atoms with Crippen LogP contribution in [-0.2, 0) is 10.4 Å². The van der Waals surface area contributed by atoms with Crippen LogP contribution in [0.15, 0.2) is 42.5 Å². The van der Waals surface area contributed by atoms with E-state index < -0.39 is 5.60 Å². The van der Waals surface area contributed by atoms with E-state index in [0.29, 0.717) is 0 Å². The molecule has 0 aliphatic carbocycles. The first kappa shape index (κ1) is 11.0. The summed E-state index contributed by atoms with van der Waals surface area (Å²) in [6.45, 7) is 7.82. The van der Waals surface area contributed by atoms with Gasteiger partial charge in [-0.15, -0.1) is 6.58 Å². The van der Waals surface area contributed by atoms with Crippen LogP contribution in [0.25, 0.3) is 0 Å². The Kier molecular flexibility index (Phi) is 3.44. The van der Waals surface area contributed by atoms with E-state index in [1.807, 2.05) is 44.2 Å². The van der Waals surface area contributed by atoms with Gasteiger partial charge in [0, 0.05) is 6.42 Å². The number of hydrogen-bond acceptors (Lipinski definition) is 2. The van der Waals surface area contributed by atoms with Gasteiger partial charge in [0.05, 0.1) is 0 Å². The van der Waals surface area contributed by atoms with Crippen LogP contribution in [0.2, 0.25) is 0 Å². The summed E-state index contributed by atoms with van der Waals surface area (Å²) in [6, 6.07) is 9.95. The molecule has 2 heteroatoms.